The average molecular weight is 319 g/mol. The molecule has 0 aliphatic rings. The summed E-state index contributed by atoms with van der Waals surface area (Å²) in [7, 11) is 0. The number of ketones is 1. The molecule has 0 heterocycles. The van der Waals surface area contributed by atoms with E-state index in [1.165, 1.54) is 18.4 Å². The molecule has 1 aromatic rings. The van der Waals surface area contributed by atoms with E-state index >= 15 is 0 Å². The minimum Gasteiger partial charge on any atom is -0.508 e. The predicted octanol–water partition coefficient (Wildman–Crippen LogP) is 5.93. The molecule has 2 heteroatoms. The minimum atomic E-state index is 0.00508. The van der Waals surface area contributed by atoms with Crippen LogP contribution in [0.3, 0.4) is 0 Å². The van der Waals surface area contributed by atoms with Gasteiger partial charge in [-0.25, -0.2) is 0 Å². The van der Waals surface area contributed by atoms with Crippen LogP contribution in [0.15, 0.2) is 12.1 Å². The molecule has 23 heavy (non-hydrogen) atoms. The summed E-state index contributed by atoms with van der Waals surface area (Å²) in [4.78, 5) is 12.0. The first-order valence-electron chi connectivity index (χ1n) is 9.25. The van der Waals surface area contributed by atoms with E-state index < -0.39 is 0 Å². The molecule has 0 aromatic heterocycles. The fraction of sp³-hybridized carbons (Fsp3) is 0.667. The van der Waals surface area contributed by atoms with Gasteiger partial charge >= 0.3 is 0 Å². The van der Waals surface area contributed by atoms with Crippen molar-refractivity contribution >= 4 is 5.78 Å². The fourth-order valence-electron chi connectivity index (χ4n) is 3.60. The second-order valence-corrected chi connectivity index (χ2v) is 6.95. The number of phenols is 1. The van der Waals surface area contributed by atoms with Crippen LogP contribution >= 0.6 is 0 Å². The van der Waals surface area contributed by atoms with Crippen LogP contribution in [0, 0.1) is 12.8 Å². The first-order chi connectivity index (χ1) is 10.9. The van der Waals surface area contributed by atoms with Gasteiger partial charge < -0.3 is 5.11 Å². The van der Waals surface area contributed by atoms with E-state index in [-0.39, 0.29) is 17.6 Å². The lowest BCUT2D eigenvalue weighted by molar-refractivity contribution is -0.121. The van der Waals surface area contributed by atoms with E-state index in [2.05, 4.69) is 33.8 Å². The summed E-state index contributed by atoms with van der Waals surface area (Å²) in [5, 5.41) is 10.5. The highest BCUT2D eigenvalue weighted by molar-refractivity contribution is 5.79. The van der Waals surface area contributed by atoms with Gasteiger partial charge in [0.2, 0.25) is 0 Å². The van der Waals surface area contributed by atoms with E-state index in [0.717, 1.165) is 43.2 Å². The quantitative estimate of drug-likeness (QED) is 0.543. The van der Waals surface area contributed by atoms with Crippen molar-refractivity contribution in [2.75, 3.05) is 0 Å². The highest BCUT2D eigenvalue weighted by atomic mass is 16.3. The van der Waals surface area contributed by atoms with Crippen LogP contribution in [0.4, 0.5) is 0 Å². The number of aryl methyl sites for hydroxylation is 2. The van der Waals surface area contributed by atoms with Crippen molar-refractivity contribution in [2.24, 2.45) is 5.92 Å². The van der Waals surface area contributed by atoms with Crippen molar-refractivity contribution in [3.8, 4) is 5.75 Å². The number of rotatable bonds is 10. The SMILES string of the molecule is CCCCCc1cc(C)c([C@H](C)[C@@H](CCCC)C(C)=O)c(O)c1. The molecular formula is C21H34O2. The Bertz CT molecular complexity index is 482. The largest absolute Gasteiger partial charge is 0.508 e. The zero-order chi connectivity index (χ0) is 17.4. The topological polar surface area (TPSA) is 37.3 Å². The summed E-state index contributed by atoms with van der Waals surface area (Å²) in [6.45, 7) is 10.2. The Kier molecular flexibility index (Phi) is 8.36. The fourth-order valence-corrected chi connectivity index (χ4v) is 3.60. The molecule has 0 unspecified atom stereocenters. The Morgan fingerprint density at radius 1 is 1.13 bits per heavy atom. The van der Waals surface area contributed by atoms with Gasteiger partial charge in [-0.05, 0) is 56.2 Å². The molecule has 0 fully saturated rings. The summed E-state index contributed by atoms with van der Waals surface area (Å²) in [6, 6.07) is 4.10. The highest BCUT2D eigenvalue weighted by Gasteiger charge is 2.26. The number of benzene rings is 1. The zero-order valence-electron chi connectivity index (χ0n) is 15.6. The van der Waals surface area contributed by atoms with Crippen molar-refractivity contribution in [3.05, 3.63) is 28.8 Å². The molecule has 0 radical (unpaired) electrons. The van der Waals surface area contributed by atoms with E-state index in [9.17, 15) is 9.90 Å². The molecule has 0 saturated carbocycles. The van der Waals surface area contributed by atoms with Gasteiger partial charge in [-0.1, -0.05) is 52.5 Å². The Morgan fingerprint density at radius 3 is 2.30 bits per heavy atom. The van der Waals surface area contributed by atoms with Gasteiger partial charge in [0.1, 0.15) is 11.5 Å². The van der Waals surface area contributed by atoms with Crippen LogP contribution in [0.5, 0.6) is 5.75 Å². The summed E-state index contributed by atoms with van der Waals surface area (Å²) in [5.74, 6) is 0.678. The number of carbonyl (C=O) groups excluding carboxylic acids is 1. The smallest absolute Gasteiger partial charge is 0.133 e. The van der Waals surface area contributed by atoms with Gasteiger partial charge in [0.15, 0.2) is 0 Å². The number of Topliss-reactive ketones (excluding diaryl/α,β-unsaturated/α-hetero) is 1. The van der Waals surface area contributed by atoms with Gasteiger partial charge in [-0.2, -0.15) is 0 Å². The van der Waals surface area contributed by atoms with Crippen molar-refractivity contribution in [1.82, 2.24) is 0 Å². The predicted molar refractivity (Wildman–Crippen MR) is 98.2 cm³/mol. The number of phenolic OH excluding ortho intramolecular Hbond substituents is 1. The molecule has 0 saturated heterocycles. The Balaban J connectivity index is 2.99. The maximum Gasteiger partial charge on any atom is 0.133 e. The van der Waals surface area contributed by atoms with Crippen molar-refractivity contribution in [1.29, 1.82) is 0 Å². The molecule has 1 aromatic carbocycles. The van der Waals surface area contributed by atoms with Crippen LogP contribution in [0.2, 0.25) is 0 Å². The van der Waals surface area contributed by atoms with Crippen molar-refractivity contribution in [3.63, 3.8) is 0 Å². The third kappa shape index (κ3) is 5.67. The van der Waals surface area contributed by atoms with E-state index in [1.54, 1.807) is 6.92 Å². The molecule has 1 rings (SSSR count). The first-order valence-corrected chi connectivity index (χ1v) is 9.25. The Morgan fingerprint density at radius 2 is 1.78 bits per heavy atom. The van der Waals surface area contributed by atoms with Crippen LogP contribution < -0.4 is 0 Å². The molecule has 0 aliphatic heterocycles. The summed E-state index contributed by atoms with van der Waals surface area (Å²) in [5.41, 5.74) is 3.28. The Labute approximate surface area is 142 Å². The summed E-state index contributed by atoms with van der Waals surface area (Å²) < 4.78 is 0. The summed E-state index contributed by atoms with van der Waals surface area (Å²) >= 11 is 0. The lowest BCUT2D eigenvalue weighted by Gasteiger charge is -2.25. The van der Waals surface area contributed by atoms with Gasteiger partial charge in [0, 0.05) is 11.5 Å². The molecule has 0 aliphatic carbocycles. The van der Waals surface area contributed by atoms with Crippen LogP contribution in [0.1, 0.15) is 88.8 Å². The van der Waals surface area contributed by atoms with Crippen LogP contribution in [-0.2, 0) is 11.2 Å². The lowest BCUT2D eigenvalue weighted by atomic mass is 9.79. The standard InChI is InChI=1S/C21H34O2/c1-6-8-10-11-18-13-15(3)21(20(23)14-18)16(4)19(17(5)22)12-9-7-2/h13-14,16,19,23H,6-12H2,1-5H3/t16-,19-/m1/s1. The number of hydrogen-bond acceptors (Lipinski definition) is 2. The molecule has 0 spiro atoms. The van der Waals surface area contributed by atoms with E-state index in [4.69, 9.17) is 0 Å². The average Bonchev–Trinajstić information content (AvgIpc) is 2.47. The third-order valence-corrected chi connectivity index (χ3v) is 4.94. The van der Waals surface area contributed by atoms with Gasteiger partial charge in [0.05, 0.1) is 0 Å². The Hall–Kier alpha value is -1.31. The van der Waals surface area contributed by atoms with Crippen molar-refractivity contribution in [2.45, 2.75) is 85.5 Å². The van der Waals surface area contributed by atoms with E-state index in [1.807, 2.05) is 6.07 Å². The van der Waals surface area contributed by atoms with Crippen molar-refractivity contribution < 1.29 is 9.90 Å². The zero-order valence-corrected chi connectivity index (χ0v) is 15.6. The minimum absolute atomic E-state index is 0.00508. The molecule has 0 bridgehead atoms. The number of hydrogen-bond donors (Lipinski definition) is 1. The monoisotopic (exact) mass is 318 g/mol. The number of aromatic hydroxyl groups is 1. The maximum absolute atomic E-state index is 12.0. The maximum atomic E-state index is 12.0. The van der Waals surface area contributed by atoms with Gasteiger partial charge in [-0.15, -0.1) is 0 Å². The molecule has 2 nitrogen and oxygen atoms in total. The van der Waals surface area contributed by atoms with Gasteiger partial charge in [0.25, 0.3) is 0 Å². The molecule has 130 valence electrons. The molecule has 0 amide bonds. The first kappa shape index (κ1) is 19.7. The second-order valence-electron chi connectivity index (χ2n) is 6.95. The third-order valence-electron chi connectivity index (χ3n) is 4.94. The summed E-state index contributed by atoms with van der Waals surface area (Å²) in [6.07, 6.45) is 7.67. The number of carbonyl (C=O) groups is 1. The van der Waals surface area contributed by atoms with Crippen LogP contribution in [-0.4, -0.2) is 10.9 Å². The highest BCUT2D eigenvalue weighted by Crippen LogP contribution is 2.37. The van der Waals surface area contributed by atoms with E-state index in [0.29, 0.717) is 5.75 Å². The molecular weight excluding hydrogens is 284 g/mol. The lowest BCUT2D eigenvalue weighted by Crippen LogP contribution is -2.19. The number of unbranched alkanes of at least 4 members (excludes halogenated alkanes) is 3. The molecule has 2 atom stereocenters. The van der Waals surface area contributed by atoms with Crippen LogP contribution in [0.25, 0.3) is 0 Å². The van der Waals surface area contributed by atoms with Gasteiger partial charge in [-0.3, -0.25) is 4.79 Å². The molecule has 1 N–H and O–H groups in total. The normalized spacial score (nSPS) is 13.8. The second kappa shape index (κ2) is 9.75.